The Kier molecular flexibility index (Phi) is 5.60. The largest absolute Gasteiger partial charge is 0.396 e. The summed E-state index contributed by atoms with van der Waals surface area (Å²) in [6, 6.07) is 9.57. The summed E-state index contributed by atoms with van der Waals surface area (Å²) in [6.07, 6.45) is 1.81. The Labute approximate surface area is 189 Å². The first kappa shape index (κ1) is 21.0. The van der Waals surface area contributed by atoms with Crippen LogP contribution < -0.4 is 4.90 Å². The van der Waals surface area contributed by atoms with Gasteiger partial charge in [-0.2, -0.15) is 4.37 Å². The second-order valence-electron chi connectivity index (χ2n) is 8.40. The van der Waals surface area contributed by atoms with Crippen LogP contribution in [0.2, 0.25) is 0 Å². The number of hydrogen-bond donors (Lipinski definition) is 0. The molecule has 166 valence electrons. The molecule has 0 amide bonds. The van der Waals surface area contributed by atoms with E-state index >= 15 is 0 Å². The zero-order valence-electron chi connectivity index (χ0n) is 17.7. The van der Waals surface area contributed by atoms with Gasteiger partial charge in [0.2, 0.25) is 0 Å². The van der Waals surface area contributed by atoms with E-state index in [2.05, 4.69) is 30.4 Å². The monoisotopic (exact) mass is 455 g/mol. The van der Waals surface area contributed by atoms with Gasteiger partial charge in [0.1, 0.15) is 18.1 Å². The molecule has 1 aromatic carbocycles. The minimum atomic E-state index is -0.931. The summed E-state index contributed by atoms with van der Waals surface area (Å²) < 4.78 is 31.5. The predicted octanol–water partition coefficient (Wildman–Crippen LogP) is 3.93. The Morgan fingerprint density at radius 3 is 2.62 bits per heavy atom. The number of rotatable bonds is 7. The Morgan fingerprint density at radius 2 is 1.97 bits per heavy atom. The van der Waals surface area contributed by atoms with Crippen molar-refractivity contribution < 1.29 is 13.6 Å². The Hall–Kier alpha value is -2.91. The van der Waals surface area contributed by atoms with Crippen molar-refractivity contribution in [1.29, 1.82) is 0 Å². The van der Waals surface area contributed by atoms with E-state index < -0.39 is 11.6 Å². The summed E-state index contributed by atoms with van der Waals surface area (Å²) in [4.78, 5) is 14.5. The van der Waals surface area contributed by atoms with Crippen LogP contribution in [0.15, 0.2) is 53.1 Å². The summed E-state index contributed by atoms with van der Waals surface area (Å²) in [5.41, 5.74) is 2.82. The highest BCUT2D eigenvalue weighted by Crippen LogP contribution is 2.42. The molecule has 5 rings (SSSR count). The number of benzene rings is 1. The van der Waals surface area contributed by atoms with Crippen molar-refractivity contribution in [3.8, 4) is 0 Å². The van der Waals surface area contributed by atoms with E-state index in [0.717, 1.165) is 56.2 Å². The van der Waals surface area contributed by atoms with Gasteiger partial charge < -0.3 is 9.74 Å². The number of nitrogens with zero attached hydrogens (tertiary/aromatic N) is 5. The van der Waals surface area contributed by atoms with E-state index in [1.807, 2.05) is 23.7 Å². The highest BCUT2D eigenvalue weighted by atomic mass is 32.1. The van der Waals surface area contributed by atoms with Crippen molar-refractivity contribution in [1.82, 2.24) is 14.3 Å². The average molecular weight is 456 g/mol. The number of aromatic nitrogens is 2. The molecule has 0 bridgehead atoms. The zero-order chi connectivity index (χ0) is 22.1. The summed E-state index contributed by atoms with van der Waals surface area (Å²) in [5, 5.41) is 6.10. The number of halogens is 2. The van der Waals surface area contributed by atoms with Crippen LogP contribution in [0, 0.1) is 17.0 Å². The molecule has 4 heterocycles. The summed E-state index contributed by atoms with van der Waals surface area (Å²) >= 11 is 1.49. The van der Waals surface area contributed by atoms with E-state index in [9.17, 15) is 8.78 Å². The molecule has 6 nitrogen and oxygen atoms in total. The molecule has 32 heavy (non-hydrogen) atoms. The van der Waals surface area contributed by atoms with Crippen molar-refractivity contribution >= 4 is 23.1 Å². The fourth-order valence-corrected chi connectivity index (χ4v) is 4.97. The van der Waals surface area contributed by atoms with Gasteiger partial charge in [-0.05, 0) is 54.4 Å². The molecule has 1 spiro atoms. The number of pyridine rings is 1. The van der Waals surface area contributed by atoms with Gasteiger partial charge in [-0.3, -0.25) is 9.88 Å². The van der Waals surface area contributed by atoms with Gasteiger partial charge >= 0.3 is 0 Å². The molecule has 2 fully saturated rings. The molecule has 0 atom stereocenters. The van der Waals surface area contributed by atoms with Gasteiger partial charge in [-0.15, -0.1) is 0 Å². The van der Waals surface area contributed by atoms with Gasteiger partial charge in [0.25, 0.3) is 0 Å². The molecule has 2 aromatic heterocycles. The molecule has 9 heteroatoms. The lowest BCUT2D eigenvalue weighted by Crippen LogP contribution is -2.72. The molecule has 2 aliphatic heterocycles. The predicted molar refractivity (Wildman–Crippen MR) is 120 cm³/mol. The lowest BCUT2D eigenvalue weighted by Gasteiger charge is -2.60. The highest BCUT2D eigenvalue weighted by Gasteiger charge is 2.51. The van der Waals surface area contributed by atoms with E-state index in [-0.39, 0.29) is 0 Å². The van der Waals surface area contributed by atoms with Crippen LogP contribution in [0.1, 0.15) is 23.7 Å². The first-order chi connectivity index (χ1) is 15.5. The Morgan fingerprint density at radius 1 is 1.12 bits per heavy atom. The molecule has 2 aliphatic rings. The average Bonchev–Trinajstić information content (AvgIpc) is 3.27. The van der Waals surface area contributed by atoms with Gasteiger partial charge in [0, 0.05) is 55.3 Å². The fraction of sp³-hybridized carbons (Fsp3) is 0.348. The van der Waals surface area contributed by atoms with Gasteiger partial charge in [0.05, 0.1) is 5.69 Å². The number of hydrogen-bond acceptors (Lipinski definition) is 7. The molecular weight excluding hydrogens is 432 g/mol. The smallest absolute Gasteiger partial charge is 0.159 e. The second kappa shape index (κ2) is 8.55. The van der Waals surface area contributed by atoms with Crippen LogP contribution in [0.25, 0.3) is 0 Å². The SMILES string of the molecule is CCON=C(c1ccc(F)c(F)c1)c1ccc(CN2CC3(C2)CN(c2ccsn2)C3)cn1. The highest BCUT2D eigenvalue weighted by molar-refractivity contribution is 7.03. The van der Waals surface area contributed by atoms with Crippen LogP contribution >= 0.6 is 11.5 Å². The molecule has 0 radical (unpaired) electrons. The van der Waals surface area contributed by atoms with Crippen molar-refractivity contribution in [2.45, 2.75) is 13.5 Å². The van der Waals surface area contributed by atoms with Gasteiger partial charge in [-0.1, -0.05) is 11.2 Å². The zero-order valence-corrected chi connectivity index (χ0v) is 18.5. The van der Waals surface area contributed by atoms with Crippen molar-refractivity contribution in [2.24, 2.45) is 10.6 Å². The topological polar surface area (TPSA) is 53.9 Å². The fourth-order valence-electron chi connectivity index (χ4n) is 4.45. The van der Waals surface area contributed by atoms with Crippen LogP contribution in [0.4, 0.5) is 14.6 Å². The van der Waals surface area contributed by atoms with E-state index in [1.165, 1.54) is 17.6 Å². The van der Waals surface area contributed by atoms with E-state index in [4.69, 9.17) is 4.84 Å². The number of oxime groups is 1. The molecule has 0 unspecified atom stereocenters. The van der Waals surface area contributed by atoms with Crippen LogP contribution in [0.3, 0.4) is 0 Å². The van der Waals surface area contributed by atoms with Crippen molar-refractivity contribution in [2.75, 3.05) is 37.7 Å². The van der Waals surface area contributed by atoms with Crippen molar-refractivity contribution in [3.63, 3.8) is 0 Å². The first-order valence-electron chi connectivity index (χ1n) is 10.5. The standard InChI is InChI=1S/C23H23F2N5OS/c1-2-31-27-22(17-4-5-18(24)19(25)9-17)20-6-3-16(10-26-20)11-29-12-23(13-29)14-30(15-23)21-7-8-32-28-21/h3-10H,2,11-15H2,1H3. The third-order valence-electron chi connectivity index (χ3n) is 5.87. The third kappa shape index (κ3) is 4.10. The molecular formula is C23H23F2N5OS. The van der Waals surface area contributed by atoms with Gasteiger partial charge in [-0.25, -0.2) is 8.78 Å². The molecule has 0 N–H and O–H groups in total. The third-order valence-corrected chi connectivity index (χ3v) is 6.42. The molecule has 0 saturated carbocycles. The minimum absolute atomic E-state index is 0.363. The summed E-state index contributed by atoms with van der Waals surface area (Å²) in [6.45, 7) is 7.27. The lowest BCUT2D eigenvalue weighted by atomic mass is 9.72. The first-order valence-corrected chi connectivity index (χ1v) is 11.4. The van der Waals surface area contributed by atoms with Gasteiger partial charge in [0.15, 0.2) is 11.6 Å². The lowest BCUT2D eigenvalue weighted by molar-refractivity contribution is -0.0276. The summed E-state index contributed by atoms with van der Waals surface area (Å²) in [5.74, 6) is -0.745. The quantitative estimate of drug-likeness (QED) is 0.399. The molecule has 2 saturated heterocycles. The maximum atomic E-state index is 13.7. The number of likely N-dealkylation sites (tertiary alicyclic amines) is 1. The Balaban J connectivity index is 1.21. The van der Waals surface area contributed by atoms with Crippen molar-refractivity contribution in [3.05, 3.63) is 76.4 Å². The minimum Gasteiger partial charge on any atom is -0.396 e. The van der Waals surface area contributed by atoms with E-state index in [1.54, 1.807) is 6.92 Å². The maximum Gasteiger partial charge on any atom is 0.159 e. The second-order valence-corrected chi connectivity index (χ2v) is 9.06. The summed E-state index contributed by atoms with van der Waals surface area (Å²) in [7, 11) is 0. The molecule has 3 aromatic rings. The number of anilines is 1. The van der Waals surface area contributed by atoms with Crippen LogP contribution in [-0.2, 0) is 11.4 Å². The van der Waals surface area contributed by atoms with E-state index in [0.29, 0.717) is 29.0 Å². The maximum absolute atomic E-state index is 13.7. The van der Waals surface area contributed by atoms with Crippen LogP contribution in [-0.4, -0.2) is 52.8 Å². The van der Waals surface area contributed by atoms with Crippen LogP contribution in [0.5, 0.6) is 0 Å². The molecule has 0 aliphatic carbocycles. The normalized spacial score (nSPS) is 17.8. The Bertz CT molecular complexity index is 1110.